The predicted molar refractivity (Wildman–Crippen MR) is 91.5 cm³/mol. The van der Waals surface area contributed by atoms with E-state index in [2.05, 4.69) is 15.0 Å². The fourth-order valence-electron chi connectivity index (χ4n) is 1.97. The lowest BCUT2D eigenvalue weighted by molar-refractivity contribution is 0.246. The molecular formula is C13H13ClN4S3. The highest BCUT2D eigenvalue weighted by atomic mass is 35.5. The zero-order chi connectivity index (χ0) is 14.8. The molecule has 0 aliphatic heterocycles. The minimum Gasteiger partial charge on any atom is -0.282 e. The summed E-state index contributed by atoms with van der Waals surface area (Å²) in [6.07, 6.45) is 0. The Labute approximate surface area is 140 Å². The fraction of sp³-hybridized carbons (Fsp3) is 0.231. The van der Waals surface area contributed by atoms with Crippen molar-refractivity contribution in [1.29, 1.82) is 0 Å². The molecule has 0 bridgehead atoms. The molecule has 3 aromatic rings. The zero-order valence-electron chi connectivity index (χ0n) is 11.2. The van der Waals surface area contributed by atoms with Crippen LogP contribution in [0.1, 0.15) is 4.88 Å². The lowest BCUT2D eigenvalue weighted by Gasteiger charge is -2.15. The van der Waals surface area contributed by atoms with E-state index in [9.17, 15) is 0 Å². The van der Waals surface area contributed by atoms with Crippen LogP contribution in [0.2, 0.25) is 4.34 Å². The van der Waals surface area contributed by atoms with Gasteiger partial charge in [0, 0.05) is 11.4 Å². The van der Waals surface area contributed by atoms with Crippen LogP contribution < -0.4 is 0 Å². The van der Waals surface area contributed by atoms with Crippen LogP contribution in [-0.2, 0) is 13.2 Å². The Morgan fingerprint density at radius 2 is 2.29 bits per heavy atom. The molecule has 4 nitrogen and oxygen atoms in total. The maximum Gasteiger partial charge on any atom is 0.217 e. The molecule has 0 fully saturated rings. The molecule has 0 saturated carbocycles. The molecule has 0 spiro atoms. The molecule has 0 aromatic carbocycles. The van der Waals surface area contributed by atoms with E-state index in [0.29, 0.717) is 11.4 Å². The zero-order valence-corrected chi connectivity index (χ0v) is 14.5. The van der Waals surface area contributed by atoms with E-state index in [1.54, 1.807) is 22.7 Å². The topological polar surface area (TPSA) is 36.9 Å². The maximum absolute atomic E-state index is 5.95. The van der Waals surface area contributed by atoms with Crippen molar-refractivity contribution in [2.45, 2.75) is 13.2 Å². The van der Waals surface area contributed by atoms with Crippen molar-refractivity contribution >= 4 is 46.5 Å². The van der Waals surface area contributed by atoms with Gasteiger partial charge in [-0.05, 0) is 42.8 Å². The van der Waals surface area contributed by atoms with E-state index in [0.717, 1.165) is 21.6 Å². The van der Waals surface area contributed by atoms with Gasteiger partial charge in [0.2, 0.25) is 4.77 Å². The molecule has 1 N–H and O–H groups in total. The first-order valence-corrected chi connectivity index (χ1v) is 8.73. The summed E-state index contributed by atoms with van der Waals surface area (Å²) in [5.41, 5.74) is 0. The molecule has 0 aliphatic rings. The second-order valence-corrected chi connectivity index (χ2v) is 7.73. The quantitative estimate of drug-likeness (QED) is 0.685. The number of hydrogen-bond donors (Lipinski definition) is 1. The van der Waals surface area contributed by atoms with Gasteiger partial charge < -0.3 is 0 Å². The van der Waals surface area contributed by atoms with E-state index in [-0.39, 0.29) is 0 Å². The second kappa shape index (κ2) is 6.41. The smallest absolute Gasteiger partial charge is 0.217 e. The summed E-state index contributed by atoms with van der Waals surface area (Å²) in [6.45, 7) is 1.49. The van der Waals surface area contributed by atoms with Crippen molar-refractivity contribution < 1.29 is 0 Å². The monoisotopic (exact) mass is 356 g/mol. The minimum atomic E-state index is 0.564. The van der Waals surface area contributed by atoms with Crippen molar-refractivity contribution in [2.75, 3.05) is 7.05 Å². The van der Waals surface area contributed by atoms with Crippen LogP contribution in [-0.4, -0.2) is 26.7 Å². The molecule has 3 heterocycles. The highest BCUT2D eigenvalue weighted by Gasteiger charge is 2.09. The Balaban J connectivity index is 1.71. The third kappa shape index (κ3) is 3.61. The van der Waals surface area contributed by atoms with Gasteiger partial charge in [-0.15, -0.1) is 22.7 Å². The highest BCUT2D eigenvalue weighted by Crippen LogP contribution is 2.23. The van der Waals surface area contributed by atoms with Crippen molar-refractivity contribution in [1.82, 2.24) is 19.7 Å². The number of nitrogens with zero attached hydrogens (tertiary/aromatic N) is 3. The third-order valence-electron chi connectivity index (χ3n) is 2.87. The Hall–Kier alpha value is -0.990. The number of aromatic amines is 1. The third-order valence-corrected chi connectivity index (χ3v) is 5.28. The van der Waals surface area contributed by atoms with Crippen LogP contribution >= 0.6 is 46.5 Å². The summed E-state index contributed by atoms with van der Waals surface area (Å²) in [5.74, 6) is 0.822. The number of rotatable bonds is 5. The Bertz CT molecular complexity index is 772. The largest absolute Gasteiger partial charge is 0.282 e. The summed E-state index contributed by atoms with van der Waals surface area (Å²) >= 11 is 14.5. The summed E-state index contributed by atoms with van der Waals surface area (Å²) in [7, 11) is 2.04. The van der Waals surface area contributed by atoms with Crippen LogP contribution in [0.3, 0.4) is 0 Å². The standard InChI is InChI=1S/C13H13ClN4S3/c1-17(7-9-4-5-11(14)21-9)8-18-13(19)15-12(16-18)10-3-2-6-20-10/h2-6H,7-8H2,1H3,(H,15,16,19). The van der Waals surface area contributed by atoms with Gasteiger partial charge in [0.15, 0.2) is 5.82 Å². The fourth-order valence-corrected chi connectivity index (χ4v) is 4.00. The van der Waals surface area contributed by atoms with E-state index in [1.807, 2.05) is 41.4 Å². The highest BCUT2D eigenvalue weighted by molar-refractivity contribution is 7.71. The number of halogens is 1. The molecule has 3 aromatic heterocycles. The van der Waals surface area contributed by atoms with E-state index >= 15 is 0 Å². The lowest BCUT2D eigenvalue weighted by Crippen LogP contribution is -2.22. The Morgan fingerprint density at radius 3 is 2.95 bits per heavy atom. The molecule has 0 atom stereocenters. The van der Waals surface area contributed by atoms with Crippen LogP contribution in [0.4, 0.5) is 0 Å². The van der Waals surface area contributed by atoms with Crippen molar-refractivity contribution in [2.24, 2.45) is 0 Å². The van der Waals surface area contributed by atoms with Gasteiger partial charge in [-0.25, -0.2) is 4.68 Å². The van der Waals surface area contributed by atoms with Gasteiger partial charge in [0.1, 0.15) is 0 Å². The molecule has 21 heavy (non-hydrogen) atoms. The molecule has 3 rings (SSSR count). The number of hydrogen-bond acceptors (Lipinski definition) is 5. The predicted octanol–water partition coefficient (Wildman–Crippen LogP) is 4.47. The van der Waals surface area contributed by atoms with Gasteiger partial charge in [-0.1, -0.05) is 17.7 Å². The Kier molecular flexibility index (Phi) is 4.56. The average molecular weight is 357 g/mol. The molecule has 0 amide bonds. The van der Waals surface area contributed by atoms with Gasteiger partial charge in [0.05, 0.1) is 15.9 Å². The molecule has 0 radical (unpaired) electrons. The summed E-state index contributed by atoms with van der Waals surface area (Å²) in [6, 6.07) is 8.00. The van der Waals surface area contributed by atoms with Gasteiger partial charge in [-0.3, -0.25) is 10.00 Å². The van der Waals surface area contributed by atoms with Crippen LogP contribution in [0.5, 0.6) is 0 Å². The first-order chi connectivity index (χ1) is 10.1. The molecular weight excluding hydrogens is 344 g/mol. The van der Waals surface area contributed by atoms with Crippen LogP contribution in [0.25, 0.3) is 10.7 Å². The van der Waals surface area contributed by atoms with Crippen molar-refractivity contribution in [3.05, 3.63) is 43.6 Å². The van der Waals surface area contributed by atoms with E-state index < -0.39 is 0 Å². The normalized spacial score (nSPS) is 11.4. The second-order valence-electron chi connectivity index (χ2n) is 4.62. The SMILES string of the molecule is CN(Cc1ccc(Cl)s1)Cn1[nH]c(-c2cccs2)nc1=S. The average Bonchev–Trinajstić information content (AvgIpc) is 3.13. The first-order valence-electron chi connectivity index (χ1n) is 6.25. The van der Waals surface area contributed by atoms with Crippen LogP contribution in [0.15, 0.2) is 29.6 Å². The lowest BCUT2D eigenvalue weighted by atomic mass is 10.4. The molecule has 0 saturated heterocycles. The summed E-state index contributed by atoms with van der Waals surface area (Å²) in [4.78, 5) is 8.88. The van der Waals surface area contributed by atoms with Crippen molar-refractivity contribution in [3.8, 4) is 10.7 Å². The molecule has 0 aliphatic carbocycles. The summed E-state index contributed by atoms with van der Waals surface area (Å²) in [5, 5.41) is 5.28. The Morgan fingerprint density at radius 1 is 1.43 bits per heavy atom. The van der Waals surface area contributed by atoms with Gasteiger partial charge in [0.25, 0.3) is 0 Å². The minimum absolute atomic E-state index is 0.564. The first kappa shape index (κ1) is 14.9. The van der Waals surface area contributed by atoms with Gasteiger partial charge >= 0.3 is 0 Å². The molecule has 0 unspecified atom stereocenters. The number of nitrogens with one attached hydrogen (secondary N) is 1. The maximum atomic E-state index is 5.95. The molecule has 8 heteroatoms. The van der Waals surface area contributed by atoms with E-state index in [1.165, 1.54) is 4.88 Å². The van der Waals surface area contributed by atoms with Crippen molar-refractivity contribution in [3.63, 3.8) is 0 Å². The van der Waals surface area contributed by atoms with Crippen LogP contribution in [0, 0.1) is 4.77 Å². The number of H-pyrrole nitrogens is 1. The van der Waals surface area contributed by atoms with E-state index in [4.69, 9.17) is 23.8 Å². The number of thiophene rings is 2. The summed E-state index contributed by atoms with van der Waals surface area (Å²) < 4.78 is 3.26. The molecule has 110 valence electrons. The van der Waals surface area contributed by atoms with Gasteiger partial charge in [-0.2, -0.15) is 4.98 Å². The number of aromatic nitrogens is 3.